The normalized spacial score (nSPS) is 10.7. The van der Waals surface area contributed by atoms with Crippen molar-refractivity contribution in [1.82, 2.24) is 4.98 Å². The first-order valence-corrected chi connectivity index (χ1v) is 7.39. The molecule has 0 spiro atoms. The first-order valence-electron chi connectivity index (χ1n) is 5.58. The van der Waals surface area contributed by atoms with E-state index in [9.17, 15) is 9.59 Å². The van der Waals surface area contributed by atoms with Gasteiger partial charge in [0.05, 0.1) is 17.9 Å². The van der Waals surface area contributed by atoms with Gasteiger partial charge in [-0.3, -0.25) is 4.79 Å². The molecule has 0 fully saturated rings. The van der Waals surface area contributed by atoms with Gasteiger partial charge in [0, 0.05) is 4.88 Å². The van der Waals surface area contributed by atoms with Crippen molar-refractivity contribution in [2.45, 2.75) is 23.4 Å². The molecule has 0 aliphatic rings. The zero-order valence-electron chi connectivity index (χ0n) is 10.5. The van der Waals surface area contributed by atoms with Crippen LogP contribution in [0.1, 0.15) is 26.9 Å². The maximum Gasteiger partial charge on any atom is 0.371 e. The van der Waals surface area contributed by atoms with Crippen LogP contribution in [0.2, 0.25) is 0 Å². The maximum absolute atomic E-state index is 10.7. The lowest BCUT2D eigenvalue weighted by molar-refractivity contribution is -0.136. The predicted octanol–water partition coefficient (Wildman–Crippen LogP) is 2.66. The number of aromatic nitrogens is 1. The minimum atomic E-state index is -1.10. The topological polar surface area (TPSA) is 101 Å². The van der Waals surface area contributed by atoms with Crippen LogP contribution in [0.25, 0.3) is 0 Å². The number of thioether (sulfide) groups is 1. The minimum absolute atomic E-state index is 0.0338. The summed E-state index contributed by atoms with van der Waals surface area (Å²) in [6, 6.07) is 3.01. The van der Waals surface area contributed by atoms with Crippen molar-refractivity contribution in [3.05, 3.63) is 34.2 Å². The molecule has 2 aromatic heterocycles. The van der Waals surface area contributed by atoms with Gasteiger partial charge < -0.3 is 14.6 Å². The van der Waals surface area contributed by atoms with Crippen molar-refractivity contribution in [3.63, 3.8) is 0 Å². The van der Waals surface area contributed by atoms with Crippen LogP contribution >= 0.6 is 23.1 Å². The zero-order valence-corrected chi connectivity index (χ0v) is 12.1. The second-order valence-corrected chi connectivity index (χ2v) is 6.22. The second-order valence-electron chi connectivity index (χ2n) is 3.92. The third kappa shape index (κ3) is 3.61. The highest BCUT2D eigenvalue weighted by atomic mass is 32.2. The van der Waals surface area contributed by atoms with Crippen LogP contribution in [0.3, 0.4) is 0 Å². The summed E-state index contributed by atoms with van der Waals surface area (Å²) in [7, 11) is 0. The standard InChI is InChI=1S/C12H11NO5S2/c1-6-9(4-10(14)15)20-12(13-6)19-5-7-2-3-8(18-7)11(16)17/h2-3H,4-5H2,1H3,(H,14,15)(H,16,17). The van der Waals surface area contributed by atoms with Crippen molar-refractivity contribution in [2.24, 2.45) is 0 Å². The van der Waals surface area contributed by atoms with Crippen LogP contribution in [0.15, 0.2) is 20.9 Å². The van der Waals surface area contributed by atoms with E-state index >= 15 is 0 Å². The molecule has 0 radical (unpaired) electrons. The van der Waals surface area contributed by atoms with Crippen LogP contribution in [0.5, 0.6) is 0 Å². The molecule has 0 unspecified atom stereocenters. The molecule has 2 rings (SSSR count). The molecule has 2 N–H and O–H groups in total. The molecule has 0 saturated heterocycles. The smallest absolute Gasteiger partial charge is 0.371 e. The van der Waals surface area contributed by atoms with Crippen molar-refractivity contribution in [1.29, 1.82) is 0 Å². The Hall–Kier alpha value is -1.80. The van der Waals surface area contributed by atoms with Gasteiger partial charge >= 0.3 is 11.9 Å². The Morgan fingerprint density at radius 1 is 1.40 bits per heavy atom. The summed E-state index contributed by atoms with van der Waals surface area (Å²) in [6.07, 6.45) is -0.0338. The Kier molecular flexibility index (Phi) is 4.46. The zero-order chi connectivity index (χ0) is 14.7. The van der Waals surface area contributed by atoms with E-state index in [1.54, 1.807) is 13.0 Å². The third-order valence-electron chi connectivity index (χ3n) is 2.40. The lowest BCUT2D eigenvalue weighted by Gasteiger charge is -1.93. The molecule has 20 heavy (non-hydrogen) atoms. The van der Waals surface area contributed by atoms with Gasteiger partial charge in [0.1, 0.15) is 5.76 Å². The Balaban J connectivity index is 1.99. The summed E-state index contributed by atoms with van der Waals surface area (Å²) in [5.41, 5.74) is 0.713. The van der Waals surface area contributed by atoms with E-state index in [0.29, 0.717) is 17.2 Å². The number of rotatable bonds is 6. The number of hydrogen-bond donors (Lipinski definition) is 2. The average Bonchev–Trinajstić information content (AvgIpc) is 2.94. The number of thiazole rings is 1. The number of carbonyl (C=O) groups is 2. The molecule has 2 aromatic rings. The number of carboxylic acids is 2. The number of carboxylic acid groups (broad SMARTS) is 2. The minimum Gasteiger partial charge on any atom is -0.481 e. The lowest BCUT2D eigenvalue weighted by Crippen LogP contribution is -1.99. The molecule has 0 saturated carbocycles. The molecule has 0 amide bonds. The van der Waals surface area contributed by atoms with E-state index in [1.807, 2.05) is 0 Å². The summed E-state index contributed by atoms with van der Waals surface area (Å²) >= 11 is 2.72. The fourth-order valence-corrected chi connectivity index (χ4v) is 3.59. The Labute approximate surface area is 122 Å². The molecule has 0 atom stereocenters. The number of aryl methyl sites for hydroxylation is 1. The summed E-state index contributed by atoms with van der Waals surface area (Å²) < 4.78 is 5.87. The van der Waals surface area contributed by atoms with Gasteiger partial charge in [-0.05, 0) is 19.1 Å². The number of aromatic carboxylic acids is 1. The van der Waals surface area contributed by atoms with Crippen LogP contribution in [-0.4, -0.2) is 27.1 Å². The summed E-state index contributed by atoms with van der Waals surface area (Å²) in [5, 5.41) is 17.5. The van der Waals surface area contributed by atoms with E-state index in [4.69, 9.17) is 14.6 Å². The quantitative estimate of drug-likeness (QED) is 0.791. The van der Waals surface area contributed by atoms with E-state index in [-0.39, 0.29) is 12.2 Å². The van der Waals surface area contributed by atoms with Crippen molar-refractivity contribution in [2.75, 3.05) is 0 Å². The van der Waals surface area contributed by atoms with E-state index in [0.717, 1.165) is 9.22 Å². The maximum atomic E-state index is 10.7. The van der Waals surface area contributed by atoms with Gasteiger partial charge in [0.25, 0.3) is 0 Å². The van der Waals surface area contributed by atoms with Gasteiger partial charge in [-0.15, -0.1) is 11.3 Å². The highest BCUT2D eigenvalue weighted by Gasteiger charge is 2.13. The highest BCUT2D eigenvalue weighted by Crippen LogP contribution is 2.30. The van der Waals surface area contributed by atoms with Crippen molar-refractivity contribution < 1.29 is 24.2 Å². The number of aliphatic carboxylic acids is 1. The van der Waals surface area contributed by atoms with Gasteiger partial charge in [-0.25, -0.2) is 9.78 Å². The van der Waals surface area contributed by atoms with Gasteiger partial charge in [0.15, 0.2) is 4.34 Å². The Bertz CT molecular complexity index is 646. The summed E-state index contributed by atoms with van der Waals surface area (Å²) in [5.74, 6) is -1.09. The average molecular weight is 313 g/mol. The van der Waals surface area contributed by atoms with E-state index in [2.05, 4.69) is 4.98 Å². The second kappa shape index (κ2) is 6.10. The SMILES string of the molecule is Cc1nc(SCc2ccc(C(=O)O)o2)sc1CC(=O)O. The third-order valence-corrected chi connectivity index (χ3v) is 4.72. The number of nitrogens with zero attached hydrogens (tertiary/aromatic N) is 1. The molecule has 106 valence electrons. The molecular formula is C12H11NO5S2. The highest BCUT2D eigenvalue weighted by molar-refractivity contribution is 8.00. The van der Waals surface area contributed by atoms with Crippen LogP contribution in [0.4, 0.5) is 0 Å². The molecule has 0 bridgehead atoms. The van der Waals surface area contributed by atoms with Gasteiger partial charge in [-0.1, -0.05) is 11.8 Å². The molecule has 0 aliphatic heterocycles. The molecule has 0 aromatic carbocycles. The first kappa shape index (κ1) is 14.6. The number of hydrogen-bond acceptors (Lipinski definition) is 6. The molecule has 2 heterocycles. The summed E-state index contributed by atoms with van der Waals surface area (Å²) in [4.78, 5) is 26.4. The van der Waals surface area contributed by atoms with E-state index < -0.39 is 11.9 Å². The molecule has 6 nitrogen and oxygen atoms in total. The molecule has 8 heteroatoms. The lowest BCUT2D eigenvalue weighted by atomic mass is 10.3. The Morgan fingerprint density at radius 2 is 2.15 bits per heavy atom. The fraction of sp³-hybridized carbons (Fsp3) is 0.250. The van der Waals surface area contributed by atoms with Gasteiger partial charge in [-0.2, -0.15) is 0 Å². The van der Waals surface area contributed by atoms with Crippen molar-refractivity contribution in [3.8, 4) is 0 Å². The largest absolute Gasteiger partial charge is 0.481 e. The first-order chi connectivity index (χ1) is 9.45. The summed E-state index contributed by atoms with van der Waals surface area (Å²) in [6.45, 7) is 1.77. The van der Waals surface area contributed by atoms with E-state index in [1.165, 1.54) is 29.2 Å². The Morgan fingerprint density at radius 3 is 2.75 bits per heavy atom. The van der Waals surface area contributed by atoms with Crippen LogP contribution < -0.4 is 0 Å². The van der Waals surface area contributed by atoms with Gasteiger partial charge in [0.2, 0.25) is 5.76 Å². The van der Waals surface area contributed by atoms with Crippen molar-refractivity contribution >= 4 is 35.0 Å². The van der Waals surface area contributed by atoms with Crippen LogP contribution in [-0.2, 0) is 17.0 Å². The predicted molar refractivity (Wildman–Crippen MR) is 73.4 cm³/mol. The monoisotopic (exact) mass is 313 g/mol. The molecular weight excluding hydrogens is 302 g/mol. The number of furan rings is 1. The van der Waals surface area contributed by atoms with Crippen LogP contribution in [0, 0.1) is 6.92 Å². The molecule has 0 aliphatic carbocycles. The fourth-order valence-electron chi connectivity index (χ4n) is 1.47.